The minimum atomic E-state index is -0.486. The molecule has 1 aliphatic rings. The van der Waals surface area contributed by atoms with E-state index in [9.17, 15) is 9.18 Å². The number of carbonyl (C=O) groups excluding carboxylic acids is 1. The van der Waals surface area contributed by atoms with Crippen molar-refractivity contribution < 1.29 is 13.9 Å². The number of hydrogen-bond donors (Lipinski definition) is 0. The summed E-state index contributed by atoms with van der Waals surface area (Å²) < 4.78 is 19.6. The predicted molar refractivity (Wildman–Crippen MR) is 127 cm³/mol. The zero-order valence-corrected chi connectivity index (χ0v) is 18.6. The topological polar surface area (TPSA) is 45.7 Å². The molecule has 1 fully saturated rings. The second-order valence-corrected chi connectivity index (χ2v) is 7.80. The number of hydrogen-bond acceptors (Lipinski definition) is 5. The molecular weight excluding hydrogens is 405 g/mol. The van der Waals surface area contributed by atoms with Gasteiger partial charge in [0.05, 0.1) is 12.3 Å². The number of halogens is 1. The molecule has 2 aromatic carbocycles. The summed E-state index contributed by atoms with van der Waals surface area (Å²) in [5.41, 5.74) is 1.77. The number of ether oxygens (including phenoxy) is 1. The highest BCUT2D eigenvalue weighted by molar-refractivity contribution is 5.95. The van der Waals surface area contributed by atoms with E-state index >= 15 is 0 Å². The molecule has 6 heteroatoms. The number of rotatable bonds is 6. The first-order valence-electron chi connectivity index (χ1n) is 11.1. The largest absolute Gasteiger partial charge is 0.463 e. The number of fused-ring (bicyclic) bond motifs is 1. The summed E-state index contributed by atoms with van der Waals surface area (Å²) in [7, 11) is 0. The molecule has 0 amide bonds. The van der Waals surface area contributed by atoms with E-state index in [0.717, 1.165) is 55.0 Å². The van der Waals surface area contributed by atoms with Crippen LogP contribution in [0.5, 0.6) is 0 Å². The summed E-state index contributed by atoms with van der Waals surface area (Å²) in [6, 6.07) is 15.2. The lowest BCUT2D eigenvalue weighted by molar-refractivity contribution is -0.137. The standard InChI is InChI=1S/C26H28FN3O2/c1-3-29-13-15-30(16-14-29)26-22-8-6-5-7-20(22)18-24(28-26)21-10-9-19(23(27)17-21)11-12-25(31)32-4-2/h5-12,17-18H,3-4,13-16H2,1-2H3. The second kappa shape index (κ2) is 9.92. The van der Waals surface area contributed by atoms with Gasteiger partial charge in [0.2, 0.25) is 0 Å². The summed E-state index contributed by atoms with van der Waals surface area (Å²) in [6.45, 7) is 9.10. The van der Waals surface area contributed by atoms with Crippen LogP contribution in [-0.2, 0) is 9.53 Å². The molecule has 2 heterocycles. The number of benzene rings is 2. The molecule has 1 aromatic heterocycles. The molecule has 5 nitrogen and oxygen atoms in total. The quantitative estimate of drug-likeness (QED) is 0.414. The van der Waals surface area contributed by atoms with Gasteiger partial charge < -0.3 is 14.5 Å². The van der Waals surface area contributed by atoms with Crippen LogP contribution in [-0.4, -0.2) is 55.2 Å². The normalized spacial score (nSPS) is 14.9. The molecule has 4 rings (SSSR count). The predicted octanol–water partition coefficient (Wildman–Crippen LogP) is 4.76. The monoisotopic (exact) mass is 433 g/mol. The Labute approximate surface area is 188 Å². The van der Waals surface area contributed by atoms with E-state index in [4.69, 9.17) is 9.72 Å². The Morgan fingerprint density at radius 2 is 1.88 bits per heavy atom. The molecule has 1 aliphatic heterocycles. The van der Waals surface area contributed by atoms with E-state index in [1.165, 1.54) is 18.2 Å². The number of likely N-dealkylation sites (N-methyl/N-ethyl adjacent to an activating group) is 1. The molecule has 1 saturated heterocycles. The summed E-state index contributed by atoms with van der Waals surface area (Å²) >= 11 is 0. The summed E-state index contributed by atoms with van der Waals surface area (Å²) in [4.78, 5) is 21.2. The van der Waals surface area contributed by atoms with Gasteiger partial charge in [-0.05, 0) is 37.1 Å². The third-order valence-electron chi connectivity index (χ3n) is 5.82. The second-order valence-electron chi connectivity index (χ2n) is 7.80. The minimum Gasteiger partial charge on any atom is -0.463 e. The van der Waals surface area contributed by atoms with Crippen LogP contribution in [0.25, 0.3) is 28.1 Å². The highest BCUT2D eigenvalue weighted by Gasteiger charge is 2.20. The highest BCUT2D eigenvalue weighted by atomic mass is 19.1. The van der Waals surface area contributed by atoms with E-state index in [1.54, 1.807) is 13.0 Å². The summed E-state index contributed by atoms with van der Waals surface area (Å²) in [5.74, 6) is 0.0525. The lowest BCUT2D eigenvalue weighted by Gasteiger charge is -2.35. The average Bonchev–Trinajstić information content (AvgIpc) is 2.83. The van der Waals surface area contributed by atoms with Crippen molar-refractivity contribution in [2.24, 2.45) is 0 Å². The lowest BCUT2D eigenvalue weighted by atomic mass is 10.0. The molecule has 32 heavy (non-hydrogen) atoms. The van der Waals surface area contributed by atoms with E-state index < -0.39 is 11.8 Å². The third-order valence-corrected chi connectivity index (χ3v) is 5.82. The SMILES string of the molecule is CCOC(=O)C=Cc1ccc(-c2cc3ccccc3c(N3CCN(CC)CC3)n2)cc1F. The number of pyridine rings is 1. The maximum atomic E-state index is 14.8. The van der Waals surface area contributed by atoms with Crippen LogP contribution in [0.1, 0.15) is 19.4 Å². The van der Waals surface area contributed by atoms with Crippen molar-refractivity contribution in [1.29, 1.82) is 0 Å². The van der Waals surface area contributed by atoms with E-state index in [-0.39, 0.29) is 6.61 Å². The minimum absolute atomic E-state index is 0.286. The molecule has 0 N–H and O–H groups in total. The van der Waals surface area contributed by atoms with Gasteiger partial charge in [0.25, 0.3) is 0 Å². The number of nitrogens with zero attached hydrogens (tertiary/aromatic N) is 3. The molecule has 0 atom stereocenters. The summed E-state index contributed by atoms with van der Waals surface area (Å²) in [6.07, 6.45) is 2.67. The maximum absolute atomic E-state index is 14.8. The van der Waals surface area contributed by atoms with Gasteiger partial charge in [-0.15, -0.1) is 0 Å². The van der Waals surface area contributed by atoms with Gasteiger partial charge in [0.15, 0.2) is 0 Å². The van der Waals surface area contributed by atoms with Crippen LogP contribution < -0.4 is 4.90 Å². The van der Waals surface area contributed by atoms with Gasteiger partial charge in [-0.2, -0.15) is 0 Å². The number of piperazine rings is 1. The fourth-order valence-electron chi connectivity index (χ4n) is 4.02. The van der Waals surface area contributed by atoms with Crippen LogP contribution in [0.4, 0.5) is 10.2 Å². The van der Waals surface area contributed by atoms with Crippen LogP contribution in [0.15, 0.2) is 54.6 Å². The average molecular weight is 434 g/mol. The number of aromatic nitrogens is 1. The van der Waals surface area contributed by atoms with Crippen LogP contribution in [0.3, 0.4) is 0 Å². The Morgan fingerprint density at radius 1 is 1.09 bits per heavy atom. The Kier molecular flexibility index (Phi) is 6.81. The smallest absolute Gasteiger partial charge is 0.330 e. The molecule has 0 bridgehead atoms. The zero-order valence-electron chi connectivity index (χ0n) is 18.6. The van der Waals surface area contributed by atoms with Crippen molar-refractivity contribution in [2.45, 2.75) is 13.8 Å². The van der Waals surface area contributed by atoms with Crippen molar-refractivity contribution in [1.82, 2.24) is 9.88 Å². The molecule has 0 radical (unpaired) electrons. The molecule has 166 valence electrons. The van der Waals surface area contributed by atoms with E-state index in [2.05, 4.69) is 28.9 Å². The fourth-order valence-corrected chi connectivity index (χ4v) is 4.02. The fraction of sp³-hybridized carbons (Fsp3) is 0.308. The molecule has 3 aromatic rings. The Morgan fingerprint density at radius 3 is 2.59 bits per heavy atom. The van der Waals surface area contributed by atoms with Crippen LogP contribution >= 0.6 is 0 Å². The van der Waals surface area contributed by atoms with E-state index in [1.807, 2.05) is 24.3 Å². The van der Waals surface area contributed by atoms with Crippen molar-refractivity contribution in [3.8, 4) is 11.3 Å². The van der Waals surface area contributed by atoms with Crippen LogP contribution in [0.2, 0.25) is 0 Å². The lowest BCUT2D eigenvalue weighted by Crippen LogP contribution is -2.46. The number of esters is 1. The Hall–Kier alpha value is -3.25. The van der Waals surface area contributed by atoms with Gasteiger partial charge in [-0.25, -0.2) is 14.2 Å². The van der Waals surface area contributed by atoms with Crippen molar-refractivity contribution in [3.63, 3.8) is 0 Å². The first kappa shape index (κ1) is 22.0. The molecule has 0 saturated carbocycles. The third kappa shape index (κ3) is 4.81. The Bertz CT molecular complexity index is 1140. The van der Waals surface area contributed by atoms with Gasteiger partial charge in [-0.3, -0.25) is 0 Å². The maximum Gasteiger partial charge on any atom is 0.330 e. The molecular formula is C26H28FN3O2. The first-order chi connectivity index (χ1) is 15.6. The van der Waals surface area contributed by atoms with Crippen molar-refractivity contribution in [2.75, 3.05) is 44.2 Å². The Balaban J connectivity index is 1.67. The van der Waals surface area contributed by atoms with Crippen molar-refractivity contribution in [3.05, 3.63) is 66.0 Å². The number of carbonyl (C=O) groups is 1. The zero-order chi connectivity index (χ0) is 22.5. The molecule has 0 spiro atoms. The molecule has 0 unspecified atom stereocenters. The highest BCUT2D eigenvalue weighted by Crippen LogP contribution is 2.31. The van der Waals surface area contributed by atoms with Gasteiger partial charge in [-0.1, -0.05) is 43.3 Å². The van der Waals surface area contributed by atoms with Crippen LogP contribution in [0, 0.1) is 5.82 Å². The first-order valence-corrected chi connectivity index (χ1v) is 11.1. The van der Waals surface area contributed by atoms with Gasteiger partial charge in [0, 0.05) is 48.8 Å². The summed E-state index contributed by atoms with van der Waals surface area (Å²) in [5, 5.41) is 2.19. The van der Waals surface area contributed by atoms with Gasteiger partial charge >= 0.3 is 5.97 Å². The number of anilines is 1. The van der Waals surface area contributed by atoms with E-state index in [0.29, 0.717) is 11.1 Å². The van der Waals surface area contributed by atoms with Gasteiger partial charge in [0.1, 0.15) is 11.6 Å². The molecule has 0 aliphatic carbocycles. The van der Waals surface area contributed by atoms with Crippen molar-refractivity contribution >= 4 is 28.6 Å².